The lowest BCUT2D eigenvalue weighted by Gasteiger charge is -2.23. The molecule has 0 saturated carbocycles. The zero-order valence-corrected chi connectivity index (χ0v) is 13.7. The molecule has 5 nitrogen and oxygen atoms in total. The molecule has 1 aromatic carbocycles. The van der Waals surface area contributed by atoms with E-state index in [0.29, 0.717) is 11.8 Å². The van der Waals surface area contributed by atoms with Gasteiger partial charge < -0.3 is 14.8 Å². The summed E-state index contributed by atoms with van der Waals surface area (Å²) in [6, 6.07) is 7.62. The molecule has 22 heavy (non-hydrogen) atoms. The minimum atomic E-state index is -0.932. The van der Waals surface area contributed by atoms with Crippen LogP contribution in [0.15, 0.2) is 30.3 Å². The van der Waals surface area contributed by atoms with Crippen molar-refractivity contribution in [3.05, 3.63) is 41.8 Å². The van der Waals surface area contributed by atoms with Crippen molar-refractivity contribution in [1.29, 1.82) is 0 Å². The molecular formula is C16H20NO4S. The van der Waals surface area contributed by atoms with E-state index in [1.807, 2.05) is 0 Å². The van der Waals surface area contributed by atoms with Crippen LogP contribution in [0.5, 0.6) is 0 Å². The van der Waals surface area contributed by atoms with Crippen LogP contribution in [-0.2, 0) is 14.3 Å². The largest absolute Gasteiger partial charge is 0.444 e. The zero-order valence-electron chi connectivity index (χ0n) is 12.8. The Morgan fingerprint density at radius 3 is 2.32 bits per heavy atom. The predicted octanol–water partition coefficient (Wildman–Crippen LogP) is 2.20. The van der Waals surface area contributed by atoms with Gasteiger partial charge in [-0.15, -0.1) is 0 Å². The van der Waals surface area contributed by atoms with Crippen molar-refractivity contribution in [2.45, 2.75) is 32.4 Å². The first-order valence-corrected chi connectivity index (χ1v) is 7.44. The summed E-state index contributed by atoms with van der Waals surface area (Å²) in [6.07, 6.45) is -0.233. The van der Waals surface area contributed by atoms with Crippen LogP contribution in [0.1, 0.15) is 26.3 Å². The third-order valence-electron chi connectivity index (χ3n) is 2.66. The van der Waals surface area contributed by atoms with Gasteiger partial charge in [0.2, 0.25) is 0 Å². The van der Waals surface area contributed by atoms with Crippen LogP contribution in [0, 0.1) is 5.92 Å². The van der Waals surface area contributed by atoms with Crippen molar-refractivity contribution in [1.82, 2.24) is 5.32 Å². The van der Waals surface area contributed by atoms with Crippen molar-refractivity contribution in [3.8, 4) is 0 Å². The fraction of sp³-hybridized carbons (Fsp3) is 0.375. The summed E-state index contributed by atoms with van der Waals surface area (Å²) in [5.74, 6) is -0.444. The number of hydrogen-bond acceptors (Lipinski definition) is 5. The molecule has 0 unspecified atom stereocenters. The molecule has 0 heterocycles. The Bertz CT molecular complexity index is 525. The summed E-state index contributed by atoms with van der Waals surface area (Å²) in [7, 11) is 0. The molecular weight excluding hydrogens is 302 g/mol. The number of benzene rings is 1. The molecule has 1 rings (SSSR count). The lowest BCUT2D eigenvalue weighted by molar-refractivity contribution is -0.120. The Morgan fingerprint density at radius 2 is 1.86 bits per heavy atom. The van der Waals surface area contributed by atoms with E-state index in [1.54, 1.807) is 51.1 Å². The minimum absolute atomic E-state index is 0.00397. The van der Waals surface area contributed by atoms with E-state index >= 15 is 0 Å². The molecule has 0 bridgehead atoms. The molecule has 0 fully saturated rings. The average Bonchev–Trinajstić information content (AvgIpc) is 2.44. The molecule has 0 aromatic heterocycles. The maximum absolute atomic E-state index is 12.4. The van der Waals surface area contributed by atoms with Crippen LogP contribution in [-0.4, -0.2) is 35.6 Å². The number of carbonyl (C=O) groups excluding carboxylic acids is 3. The molecule has 0 aliphatic heterocycles. The molecule has 1 atom stereocenters. The van der Waals surface area contributed by atoms with E-state index in [-0.39, 0.29) is 11.7 Å². The molecule has 0 aliphatic carbocycles. The molecule has 6 heteroatoms. The highest BCUT2D eigenvalue weighted by Crippen LogP contribution is 2.16. The molecule has 0 aliphatic rings. The Labute approximate surface area is 135 Å². The summed E-state index contributed by atoms with van der Waals surface area (Å²) in [5, 5.41) is 2.44. The van der Waals surface area contributed by atoms with Crippen molar-refractivity contribution < 1.29 is 19.1 Å². The zero-order chi connectivity index (χ0) is 16.8. The van der Waals surface area contributed by atoms with Crippen LogP contribution < -0.4 is 5.32 Å². The summed E-state index contributed by atoms with van der Waals surface area (Å²) in [5.41, 5.74) is -0.175. The summed E-state index contributed by atoms with van der Waals surface area (Å²) in [6.45, 7) is 5.16. The lowest BCUT2D eigenvalue weighted by Crippen LogP contribution is -2.46. The van der Waals surface area contributed by atoms with Crippen LogP contribution in [0.4, 0.5) is 4.79 Å². The van der Waals surface area contributed by atoms with Gasteiger partial charge in [-0.05, 0) is 26.3 Å². The molecule has 0 spiro atoms. The lowest BCUT2D eigenvalue weighted by atomic mass is 9.92. The van der Waals surface area contributed by atoms with Gasteiger partial charge in [-0.3, -0.25) is 4.79 Å². The number of thiol groups is 1. The maximum Gasteiger partial charge on any atom is 0.408 e. The highest BCUT2D eigenvalue weighted by Gasteiger charge is 2.30. The van der Waals surface area contributed by atoms with E-state index in [0.717, 1.165) is 0 Å². The predicted molar refractivity (Wildman–Crippen MR) is 86.9 cm³/mol. The molecule has 1 aromatic rings. The third-order valence-corrected chi connectivity index (χ3v) is 3.02. The second-order valence-electron chi connectivity index (χ2n) is 5.64. The topological polar surface area (TPSA) is 72.5 Å². The van der Waals surface area contributed by atoms with Gasteiger partial charge in [-0.25, -0.2) is 4.79 Å². The first-order chi connectivity index (χ1) is 10.3. The van der Waals surface area contributed by atoms with Crippen LogP contribution in [0.25, 0.3) is 0 Å². The number of alkyl carbamates (subject to hydrolysis) is 1. The smallest absolute Gasteiger partial charge is 0.408 e. The highest BCUT2D eigenvalue weighted by atomic mass is 32.1. The van der Waals surface area contributed by atoms with Gasteiger partial charge in [0.25, 0.3) is 0 Å². The highest BCUT2D eigenvalue weighted by molar-refractivity contribution is 7.80. The summed E-state index contributed by atoms with van der Waals surface area (Å²) >= 11 is 4.07. The Morgan fingerprint density at radius 1 is 1.27 bits per heavy atom. The van der Waals surface area contributed by atoms with Gasteiger partial charge in [0.05, 0.1) is 0 Å². The van der Waals surface area contributed by atoms with E-state index < -0.39 is 23.5 Å². The van der Waals surface area contributed by atoms with Gasteiger partial charge >= 0.3 is 6.09 Å². The summed E-state index contributed by atoms with van der Waals surface area (Å²) in [4.78, 5) is 35.4. The molecule has 119 valence electrons. The number of aldehydes is 1. The number of nitrogens with one attached hydrogen (secondary N) is 1. The monoisotopic (exact) mass is 322 g/mol. The number of rotatable bonds is 6. The molecule has 1 amide bonds. The van der Waals surface area contributed by atoms with Gasteiger partial charge in [-0.1, -0.05) is 30.3 Å². The fourth-order valence-electron chi connectivity index (χ4n) is 1.72. The molecule has 0 saturated heterocycles. The molecule has 1 radical (unpaired) electrons. The van der Waals surface area contributed by atoms with Crippen molar-refractivity contribution >= 4 is 30.8 Å². The van der Waals surface area contributed by atoms with Gasteiger partial charge in [0.15, 0.2) is 5.78 Å². The van der Waals surface area contributed by atoms with E-state index in [1.165, 1.54) is 0 Å². The number of Topliss-reactive ketones (excluding diaryl/α,β-unsaturated/α-hetero) is 1. The fourth-order valence-corrected chi connectivity index (χ4v) is 1.97. The standard InChI is InChI=1S/C16H20NO4S/c1-16(2,3)21-15(20)17-13(10-22)14(19)12(9-18)11-7-5-4-6-8-11/h4-9,13,22H,10H2,1-3H3,(H,17,20)/t13-/m0/s1. The van der Waals surface area contributed by atoms with Crippen molar-refractivity contribution in [2.24, 2.45) is 0 Å². The first-order valence-electron chi connectivity index (χ1n) is 6.80. The molecule has 1 N–H and O–H groups in total. The normalized spacial score (nSPS) is 12.6. The average molecular weight is 322 g/mol. The van der Waals surface area contributed by atoms with Gasteiger partial charge in [0, 0.05) is 5.75 Å². The number of amides is 1. The minimum Gasteiger partial charge on any atom is -0.444 e. The maximum atomic E-state index is 12.4. The van der Waals surface area contributed by atoms with Gasteiger partial charge in [0.1, 0.15) is 23.8 Å². The van der Waals surface area contributed by atoms with Crippen LogP contribution >= 0.6 is 12.6 Å². The third kappa shape index (κ3) is 5.52. The number of carbonyl (C=O) groups is 3. The van der Waals surface area contributed by atoms with Crippen LogP contribution in [0.2, 0.25) is 0 Å². The second kappa shape index (κ2) is 7.98. The SMILES string of the molecule is CC(C)(C)OC(=O)N[C@@H](CS)C(=O)[C](C=O)c1ccccc1. The first kappa shape index (κ1) is 18.2. The van der Waals surface area contributed by atoms with E-state index in [4.69, 9.17) is 4.74 Å². The Kier molecular flexibility index (Phi) is 6.61. The van der Waals surface area contributed by atoms with Crippen LogP contribution in [0.3, 0.4) is 0 Å². The van der Waals surface area contributed by atoms with E-state index in [2.05, 4.69) is 17.9 Å². The van der Waals surface area contributed by atoms with E-state index in [9.17, 15) is 14.4 Å². The summed E-state index contributed by atoms with van der Waals surface area (Å²) < 4.78 is 5.11. The number of ether oxygens (including phenoxy) is 1. The second-order valence-corrected chi connectivity index (χ2v) is 6.01. The van der Waals surface area contributed by atoms with Crippen molar-refractivity contribution in [2.75, 3.05) is 5.75 Å². The number of ketones is 1. The quantitative estimate of drug-likeness (QED) is 0.478. The Hall–Kier alpha value is -1.82. The number of hydrogen-bond donors (Lipinski definition) is 2. The van der Waals surface area contributed by atoms with Crippen molar-refractivity contribution in [3.63, 3.8) is 0 Å². The van der Waals surface area contributed by atoms with Gasteiger partial charge in [-0.2, -0.15) is 12.6 Å². The Balaban J connectivity index is 2.83.